The van der Waals surface area contributed by atoms with Gasteiger partial charge in [-0.25, -0.2) is 9.78 Å². The summed E-state index contributed by atoms with van der Waals surface area (Å²) in [4.78, 5) is 15.6. The molecule has 0 spiro atoms. The fourth-order valence-corrected chi connectivity index (χ4v) is 2.03. The van der Waals surface area contributed by atoms with Crippen LogP contribution in [0.1, 0.15) is 16.1 Å². The Hall–Kier alpha value is -1.95. The Kier molecular flexibility index (Phi) is 3.06. The second-order valence-corrected chi connectivity index (χ2v) is 4.41. The molecule has 0 unspecified atom stereocenters. The SMILES string of the molecule is Cc1coc(Sc2ccc(C(=O)O)cc2N)n1. The average molecular weight is 250 g/mol. The number of aryl methyl sites for hydroxylation is 1. The predicted octanol–water partition coefficient (Wildman–Crippen LogP) is 2.41. The zero-order valence-electron chi connectivity index (χ0n) is 9.01. The minimum absolute atomic E-state index is 0.162. The van der Waals surface area contributed by atoms with Gasteiger partial charge in [0.05, 0.1) is 11.3 Å². The second kappa shape index (κ2) is 4.50. The summed E-state index contributed by atoms with van der Waals surface area (Å²) in [5, 5.41) is 9.28. The third-order valence-electron chi connectivity index (χ3n) is 2.05. The van der Waals surface area contributed by atoms with Gasteiger partial charge in [0.1, 0.15) is 6.26 Å². The van der Waals surface area contributed by atoms with E-state index in [1.165, 1.54) is 23.9 Å². The second-order valence-electron chi connectivity index (χ2n) is 3.41. The Balaban J connectivity index is 2.25. The van der Waals surface area contributed by atoms with Crippen molar-refractivity contribution in [2.24, 2.45) is 0 Å². The average Bonchev–Trinajstić information content (AvgIpc) is 2.67. The highest BCUT2D eigenvalue weighted by Gasteiger charge is 2.10. The van der Waals surface area contributed by atoms with Crippen LogP contribution in [0.15, 0.2) is 39.0 Å². The summed E-state index contributed by atoms with van der Waals surface area (Å²) < 4.78 is 5.18. The first-order valence-electron chi connectivity index (χ1n) is 4.79. The molecule has 0 saturated heterocycles. The number of carboxylic acids is 1. The number of nitrogen functional groups attached to an aromatic ring is 1. The molecule has 0 fully saturated rings. The molecule has 1 aromatic carbocycles. The molecule has 0 amide bonds. The Morgan fingerprint density at radius 1 is 1.53 bits per heavy atom. The molecule has 3 N–H and O–H groups in total. The fraction of sp³-hybridized carbons (Fsp3) is 0.0909. The maximum absolute atomic E-state index is 10.7. The van der Waals surface area contributed by atoms with E-state index in [1.54, 1.807) is 12.3 Å². The summed E-state index contributed by atoms with van der Waals surface area (Å²) >= 11 is 1.26. The molecule has 0 bridgehead atoms. The molecule has 2 rings (SSSR count). The van der Waals surface area contributed by atoms with Gasteiger partial charge in [-0.3, -0.25) is 0 Å². The molecule has 5 nitrogen and oxygen atoms in total. The summed E-state index contributed by atoms with van der Waals surface area (Å²) in [6.45, 7) is 1.82. The first kappa shape index (κ1) is 11.5. The molecule has 0 radical (unpaired) electrons. The molecule has 1 heterocycles. The van der Waals surface area contributed by atoms with Gasteiger partial charge in [0, 0.05) is 10.6 Å². The van der Waals surface area contributed by atoms with Crippen LogP contribution in [0.25, 0.3) is 0 Å². The molecule has 0 atom stereocenters. The van der Waals surface area contributed by atoms with Crippen molar-refractivity contribution in [2.45, 2.75) is 17.0 Å². The van der Waals surface area contributed by atoms with E-state index in [-0.39, 0.29) is 5.56 Å². The van der Waals surface area contributed by atoms with E-state index >= 15 is 0 Å². The van der Waals surface area contributed by atoms with E-state index in [2.05, 4.69) is 4.98 Å². The van der Waals surface area contributed by atoms with Crippen molar-refractivity contribution in [1.82, 2.24) is 4.98 Å². The number of anilines is 1. The lowest BCUT2D eigenvalue weighted by atomic mass is 10.2. The molecule has 2 aromatic rings. The van der Waals surface area contributed by atoms with Gasteiger partial charge in [-0.15, -0.1) is 0 Å². The van der Waals surface area contributed by atoms with Crippen molar-refractivity contribution in [3.63, 3.8) is 0 Å². The maximum Gasteiger partial charge on any atom is 0.335 e. The largest absolute Gasteiger partial charge is 0.478 e. The quantitative estimate of drug-likeness (QED) is 0.813. The lowest BCUT2D eigenvalue weighted by Crippen LogP contribution is -1.98. The number of aromatic carboxylic acids is 1. The fourth-order valence-electron chi connectivity index (χ4n) is 1.25. The Morgan fingerprint density at radius 2 is 2.29 bits per heavy atom. The Labute approximate surface area is 102 Å². The van der Waals surface area contributed by atoms with Crippen LogP contribution in [0, 0.1) is 6.92 Å². The van der Waals surface area contributed by atoms with Crippen LogP contribution < -0.4 is 5.73 Å². The van der Waals surface area contributed by atoms with Crippen molar-refractivity contribution in [3.8, 4) is 0 Å². The molecule has 0 aliphatic rings. The summed E-state index contributed by atoms with van der Waals surface area (Å²) in [7, 11) is 0. The van der Waals surface area contributed by atoms with Gasteiger partial charge in [0.15, 0.2) is 0 Å². The molecule has 0 aliphatic carbocycles. The van der Waals surface area contributed by atoms with Gasteiger partial charge >= 0.3 is 5.97 Å². The molecule has 17 heavy (non-hydrogen) atoms. The van der Waals surface area contributed by atoms with E-state index < -0.39 is 5.97 Å². The summed E-state index contributed by atoms with van der Waals surface area (Å²) in [5.41, 5.74) is 7.10. The Bertz CT molecular complexity index is 566. The number of hydrogen-bond acceptors (Lipinski definition) is 5. The Morgan fingerprint density at radius 3 is 2.82 bits per heavy atom. The summed E-state index contributed by atoms with van der Waals surface area (Å²) in [6, 6.07) is 4.56. The van der Waals surface area contributed by atoms with Crippen molar-refractivity contribution < 1.29 is 14.3 Å². The van der Waals surface area contributed by atoms with E-state index in [1.807, 2.05) is 6.92 Å². The third kappa shape index (κ3) is 2.59. The van der Waals surface area contributed by atoms with Crippen LogP contribution in [-0.2, 0) is 0 Å². The standard InChI is InChI=1S/C11H10N2O3S/c1-6-5-16-11(13-6)17-9-3-2-7(10(14)15)4-8(9)12/h2-5H,12H2,1H3,(H,14,15). The number of hydrogen-bond donors (Lipinski definition) is 2. The van der Waals surface area contributed by atoms with E-state index in [0.29, 0.717) is 10.9 Å². The highest BCUT2D eigenvalue weighted by atomic mass is 32.2. The number of benzene rings is 1. The first-order chi connectivity index (χ1) is 8.06. The lowest BCUT2D eigenvalue weighted by molar-refractivity contribution is 0.0697. The zero-order chi connectivity index (χ0) is 12.4. The van der Waals surface area contributed by atoms with Gasteiger partial charge in [0.2, 0.25) is 0 Å². The number of rotatable bonds is 3. The number of carbonyl (C=O) groups is 1. The zero-order valence-corrected chi connectivity index (χ0v) is 9.82. The lowest BCUT2D eigenvalue weighted by Gasteiger charge is -2.03. The highest BCUT2D eigenvalue weighted by Crippen LogP contribution is 2.31. The van der Waals surface area contributed by atoms with Crippen LogP contribution in [0.4, 0.5) is 5.69 Å². The van der Waals surface area contributed by atoms with Gasteiger partial charge < -0.3 is 15.3 Å². The van der Waals surface area contributed by atoms with Crippen LogP contribution in [0.5, 0.6) is 0 Å². The topological polar surface area (TPSA) is 89.3 Å². The van der Waals surface area contributed by atoms with Crippen molar-refractivity contribution in [3.05, 3.63) is 35.7 Å². The van der Waals surface area contributed by atoms with E-state index in [0.717, 1.165) is 10.6 Å². The number of carboxylic acid groups (broad SMARTS) is 1. The van der Waals surface area contributed by atoms with E-state index in [9.17, 15) is 4.79 Å². The molecule has 88 valence electrons. The third-order valence-corrected chi connectivity index (χ3v) is 3.01. The number of nitrogens with two attached hydrogens (primary N) is 1. The smallest absolute Gasteiger partial charge is 0.335 e. The van der Waals surface area contributed by atoms with Crippen molar-refractivity contribution in [2.75, 3.05) is 5.73 Å². The molecular formula is C11H10N2O3S. The summed E-state index contributed by atoms with van der Waals surface area (Å²) in [6.07, 6.45) is 1.55. The molecule has 6 heteroatoms. The minimum atomic E-state index is -1.000. The predicted molar refractivity (Wildman–Crippen MR) is 63.2 cm³/mol. The number of oxazole rings is 1. The highest BCUT2D eigenvalue weighted by molar-refractivity contribution is 7.99. The van der Waals surface area contributed by atoms with Gasteiger partial charge in [-0.05, 0) is 36.9 Å². The monoisotopic (exact) mass is 250 g/mol. The summed E-state index contributed by atoms with van der Waals surface area (Å²) in [5.74, 6) is -1.000. The van der Waals surface area contributed by atoms with Gasteiger partial charge in [-0.1, -0.05) is 0 Å². The van der Waals surface area contributed by atoms with Crippen LogP contribution in [-0.4, -0.2) is 16.1 Å². The minimum Gasteiger partial charge on any atom is -0.478 e. The normalized spacial score (nSPS) is 10.4. The van der Waals surface area contributed by atoms with E-state index in [4.69, 9.17) is 15.3 Å². The first-order valence-corrected chi connectivity index (χ1v) is 5.60. The van der Waals surface area contributed by atoms with Gasteiger partial charge in [0.25, 0.3) is 5.22 Å². The maximum atomic E-state index is 10.7. The number of aromatic nitrogens is 1. The van der Waals surface area contributed by atoms with Crippen LogP contribution >= 0.6 is 11.8 Å². The molecule has 1 aromatic heterocycles. The van der Waals surface area contributed by atoms with Crippen molar-refractivity contribution in [1.29, 1.82) is 0 Å². The van der Waals surface area contributed by atoms with Crippen molar-refractivity contribution >= 4 is 23.4 Å². The number of nitrogens with zero attached hydrogens (tertiary/aromatic N) is 1. The molecule has 0 saturated carbocycles. The molecule has 0 aliphatic heterocycles. The molecular weight excluding hydrogens is 240 g/mol. The van der Waals surface area contributed by atoms with Crippen LogP contribution in [0.3, 0.4) is 0 Å². The van der Waals surface area contributed by atoms with Gasteiger partial charge in [-0.2, -0.15) is 0 Å². The van der Waals surface area contributed by atoms with Crippen LogP contribution in [0.2, 0.25) is 0 Å².